The summed E-state index contributed by atoms with van der Waals surface area (Å²) in [5.74, 6) is 0. The molecular formula is C15H17N. The zero-order valence-corrected chi connectivity index (χ0v) is 10.0. The van der Waals surface area contributed by atoms with Gasteiger partial charge in [-0.15, -0.1) is 0 Å². The Labute approximate surface area is 97.1 Å². The zero-order valence-electron chi connectivity index (χ0n) is 10.0. The van der Waals surface area contributed by atoms with Gasteiger partial charge in [-0.2, -0.15) is 0 Å². The maximum Gasteiger partial charge on any atom is 0.0389 e. The molecule has 1 heteroatoms. The second-order valence-corrected chi connectivity index (χ2v) is 4.37. The van der Waals surface area contributed by atoms with Crippen molar-refractivity contribution < 1.29 is 0 Å². The van der Waals surface area contributed by atoms with Crippen LogP contribution in [0.15, 0.2) is 42.5 Å². The fourth-order valence-electron chi connectivity index (χ4n) is 1.85. The second-order valence-electron chi connectivity index (χ2n) is 4.37. The zero-order chi connectivity index (χ0) is 11.5. The van der Waals surface area contributed by atoms with E-state index in [9.17, 15) is 0 Å². The molecule has 1 nitrogen and oxygen atoms in total. The predicted octanol–water partition coefficient (Wildman–Crippen LogP) is 4.36. The lowest BCUT2D eigenvalue weighted by Crippen LogP contribution is -1.91. The van der Waals surface area contributed by atoms with Crippen LogP contribution in [0.2, 0.25) is 0 Å². The van der Waals surface area contributed by atoms with Crippen LogP contribution in [-0.4, -0.2) is 0 Å². The van der Waals surface area contributed by atoms with E-state index in [1.807, 2.05) is 0 Å². The van der Waals surface area contributed by atoms with Crippen LogP contribution >= 0.6 is 0 Å². The van der Waals surface area contributed by atoms with Crippen LogP contribution in [0.1, 0.15) is 16.7 Å². The molecule has 0 aromatic heterocycles. The van der Waals surface area contributed by atoms with Crippen molar-refractivity contribution >= 4 is 11.4 Å². The van der Waals surface area contributed by atoms with Gasteiger partial charge in [0.1, 0.15) is 0 Å². The monoisotopic (exact) mass is 211 g/mol. The normalized spacial score (nSPS) is 10.2. The van der Waals surface area contributed by atoms with Crippen LogP contribution in [0.4, 0.5) is 11.4 Å². The van der Waals surface area contributed by atoms with Crippen LogP contribution < -0.4 is 5.32 Å². The van der Waals surface area contributed by atoms with Gasteiger partial charge in [-0.3, -0.25) is 0 Å². The molecule has 82 valence electrons. The number of nitrogens with one attached hydrogen (secondary N) is 1. The third kappa shape index (κ3) is 2.63. The first-order chi connectivity index (χ1) is 7.63. The SMILES string of the molecule is Cc1ccc(Nc2cc(C)cc(C)c2)cc1. The molecule has 0 spiro atoms. The molecule has 0 radical (unpaired) electrons. The number of hydrogen-bond acceptors (Lipinski definition) is 1. The third-order valence-electron chi connectivity index (χ3n) is 2.56. The third-order valence-corrected chi connectivity index (χ3v) is 2.56. The van der Waals surface area contributed by atoms with Crippen LogP contribution in [0, 0.1) is 20.8 Å². The Morgan fingerprint density at radius 2 is 1.19 bits per heavy atom. The molecule has 2 rings (SSSR count). The number of anilines is 2. The van der Waals surface area contributed by atoms with Crippen LogP contribution in [0.25, 0.3) is 0 Å². The van der Waals surface area contributed by atoms with Gasteiger partial charge in [0.2, 0.25) is 0 Å². The van der Waals surface area contributed by atoms with Gasteiger partial charge in [0.25, 0.3) is 0 Å². The summed E-state index contributed by atoms with van der Waals surface area (Å²) in [6.07, 6.45) is 0. The fourth-order valence-corrected chi connectivity index (χ4v) is 1.85. The van der Waals surface area contributed by atoms with Crippen molar-refractivity contribution in [1.82, 2.24) is 0 Å². The topological polar surface area (TPSA) is 12.0 Å². The van der Waals surface area contributed by atoms with E-state index in [2.05, 4.69) is 68.6 Å². The van der Waals surface area contributed by atoms with Crippen molar-refractivity contribution in [3.05, 3.63) is 59.2 Å². The van der Waals surface area contributed by atoms with E-state index in [0.29, 0.717) is 0 Å². The first-order valence-electron chi connectivity index (χ1n) is 5.55. The van der Waals surface area contributed by atoms with Crippen molar-refractivity contribution in [3.63, 3.8) is 0 Å². The van der Waals surface area contributed by atoms with Gasteiger partial charge in [0.05, 0.1) is 0 Å². The van der Waals surface area contributed by atoms with E-state index in [1.54, 1.807) is 0 Å². The highest BCUT2D eigenvalue weighted by molar-refractivity contribution is 5.61. The molecule has 2 aromatic carbocycles. The van der Waals surface area contributed by atoms with Gasteiger partial charge in [-0.1, -0.05) is 23.8 Å². The molecule has 0 atom stereocenters. The molecule has 1 N–H and O–H groups in total. The molecule has 0 heterocycles. The summed E-state index contributed by atoms with van der Waals surface area (Å²) in [5, 5.41) is 3.41. The Balaban J connectivity index is 2.23. The number of benzene rings is 2. The van der Waals surface area contributed by atoms with Crippen molar-refractivity contribution in [2.45, 2.75) is 20.8 Å². The first kappa shape index (κ1) is 10.7. The highest BCUT2D eigenvalue weighted by Gasteiger charge is 1.96. The van der Waals surface area contributed by atoms with Crippen LogP contribution in [0.3, 0.4) is 0 Å². The minimum absolute atomic E-state index is 1.13. The molecule has 0 aliphatic carbocycles. The maximum atomic E-state index is 3.41. The van der Waals surface area contributed by atoms with E-state index in [4.69, 9.17) is 0 Å². The molecule has 0 saturated heterocycles. The Hall–Kier alpha value is -1.76. The summed E-state index contributed by atoms with van der Waals surface area (Å²) < 4.78 is 0. The summed E-state index contributed by atoms with van der Waals surface area (Å²) in [4.78, 5) is 0. The molecule has 0 saturated carbocycles. The molecule has 0 amide bonds. The summed E-state index contributed by atoms with van der Waals surface area (Å²) in [7, 11) is 0. The minimum Gasteiger partial charge on any atom is -0.356 e. The summed E-state index contributed by atoms with van der Waals surface area (Å²) in [6, 6.07) is 14.9. The Morgan fingerprint density at radius 1 is 0.625 bits per heavy atom. The molecular weight excluding hydrogens is 194 g/mol. The van der Waals surface area contributed by atoms with Crippen LogP contribution in [-0.2, 0) is 0 Å². The number of hydrogen-bond donors (Lipinski definition) is 1. The number of aryl methyl sites for hydroxylation is 3. The van der Waals surface area contributed by atoms with Crippen LogP contribution in [0.5, 0.6) is 0 Å². The minimum atomic E-state index is 1.13. The molecule has 0 aliphatic rings. The first-order valence-corrected chi connectivity index (χ1v) is 5.55. The standard InChI is InChI=1S/C15H17N/c1-11-4-6-14(7-5-11)16-15-9-12(2)8-13(3)10-15/h4-10,16H,1-3H3. The second kappa shape index (κ2) is 4.40. The highest BCUT2D eigenvalue weighted by Crippen LogP contribution is 2.19. The van der Waals surface area contributed by atoms with E-state index in [0.717, 1.165) is 11.4 Å². The largest absolute Gasteiger partial charge is 0.356 e. The van der Waals surface area contributed by atoms with E-state index >= 15 is 0 Å². The van der Waals surface area contributed by atoms with Gasteiger partial charge in [-0.05, 0) is 56.2 Å². The predicted molar refractivity (Wildman–Crippen MR) is 70.4 cm³/mol. The molecule has 2 aromatic rings. The van der Waals surface area contributed by atoms with Gasteiger partial charge >= 0.3 is 0 Å². The van der Waals surface area contributed by atoms with E-state index < -0.39 is 0 Å². The quantitative estimate of drug-likeness (QED) is 0.778. The van der Waals surface area contributed by atoms with E-state index in [1.165, 1.54) is 16.7 Å². The summed E-state index contributed by atoms with van der Waals surface area (Å²) in [5.41, 5.74) is 6.15. The summed E-state index contributed by atoms with van der Waals surface area (Å²) in [6.45, 7) is 6.33. The molecule has 0 unspecified atom stereocenters. The molecule has 0 fully saturated rings. The average molecular weight is 211 g/mol. The average Bonchev–Trinajstić information content (AvgIpc) is 2.20. The molecule has 0 bridgehead atoms. The molecule has 16 heavy (non-hydrogen) atoms. The smallest absolute Gasteiger partial charge is 0.0389 e. The lowest BCUT2D eigenvalue weighted by Gasteiger charge is -2.08. The lowest BCUT2D eigenvalue weighted by atomic mass is 10.1. The number of rotatable bonds is 2. The van der Waals surface area contributed by atoms with Crippen molar-refractivity contribution in [1.29, 1.82) is 0 Å². The van der Waals surface area contributed by atoms with Crippen molar-refractivity contribution in [3.8, 4) is 0 Å². The lowest BCUT2D eigenvalue weighted by molar-refractivity contribution is 1.37. The van der Waals surface area contributed by atoms with Crippen molar-refractivity contribution in [2.24, 2.45) is 0 Å². The fraction of sp³-hybridized carbons (Fsp3) is 0.200. The van der Waals surface area contributed by atoms with Crippen molar-refractivity contribution in [2.75, 3.05) is 5.32 Å². The van der Waals surface area contributed by atoms with Gasteiger partial charge in [0.15, 0.2) is 0 Å². The van der Waals surface area contributed by atoms with E-state index in [-0.39, 0.29) is 0 Å². The Kier molecular flexibility index (Phi) is 2.95. The van der Waals surface area contributed by atoms with Gasteiger partial charge < -0.3 is 5.32 Å². The van der Waals surface area contributed by atoms with Gasteiger partial charge in [0, 0.05) is 11.4 Å². The van der Waals surface area contributed by atoms with Gasteiger partial charge in [-0.25, -0.2) is 0 Å². The molecule has 0 aliphatic heterocycles. The Morgan fingerprint density at radius 3 is 1.75 bits per heavy atom. The summed E-state index contributed by atoms with van der Waals surface area (Å²) >= 11 is 0. The highest BCUT2D eigenvalue weighted by atomic mass is 14.9. The maximum absolute atomic E-state index is 3.41. The Bertz CT molecular complexity index is 463.